The largest absolute Gasteiger partial charge is 0.511 e. The van der Waals surface area contributed by atoms with Crippen LogP contribution in [0.2, 0.25) is 0 Å². The second kappa shape index (κ2) is 16.3. The smallest absolute Gasteiger partial charge is 0.256 e. The number of rotatable bonds is 12. The Morgan fingerprint density at radius 2 is 1.23 bits per heavy atom. The van der Waals surface area contributed by atoms with Gasteiger partial charge in [-0.1, -0.05) is 61.2 Å². The van der Waals surface area contributed by atoms with Gasteiger partial charge < -0.3 is 35.1 Å². The zero-order chi connectivity index (χ0) is 36.9. The van der Waals surface area contributed by atoms with Crippen LogP contribution in [0.1, 0.15) is 73.1 Å². The minimum absolute atomic E-state index is 0.106. The molecule has 2 atom stereocenters. The summed E-state index contributed by atoms with van der Waals surface area (Å²) in [6, 6.07) is 19.6. The molecule has 4 N–H and O–H groups in total. The fourth-order valence-electron chi connectivity index (χ4n) is 7.26. The molecule has 0 saturated carbocycles. The van der Waals surface area contributed by atoms with Gasteiger partial charge in [0.15, 0.2) is 0 Å². The van der Waals surface area contributed by atoms with Crippen molar-refractivity contribution in [2.45, 2.75) is 57.4 Å². The van der Waals surface area contributed by atoms with Crippen molar-refractivity contribution < 1.29 is 34.0 Å². The Morgan fingerprint density at radius 3 is 1.67 bits per heavy atom. The van der Waals surface area contributed by atoms with Gasteiger partial charge in [-0.2, -0.15) is 0 Å². The number of benzene rings is 3. The summed E-state index contributed by atoms with van der Waals surface area (Å²) in [7, 11) is 1.60. The van der Waals surface area contributed by atoms with Gasteiger partial charge in [0.1, 0.15) is 28.8 Å². The molecule has 1 saturated heterocycles. The van der Waals surface area contributed by atoms with Gasteiger partial charge in [0, 0.05) is 12.1 Å². The number of hydrogen-bond donors (Lipinski definition) is 4. The molecule has 0 radical (unpaired) electrons. The number of aliphatic hydroxyl groups excluding tert-OH is 2. The average molecular weight is 742 g/mol. The van der Waals surface area contributed by atoms with Crippen molar-refractivity contribution in [1.82, 2.24) is 15.5 Å². The molecule has 10 nitrogen and oxygen atoms in total. The highest BCUT2D eigenvalue weighted by atomic mass is 32.1. The monoisotopic (exact) mass is 741 g/mol. The third kappa shape index (κ3) is 7.55. The molecule has 0 aromatic heterocycles. The molecular weight excluding hydrogens is 699 g/mol. The Labute approximate surface area is 314 Å². The lowest BCUT2D eigenvalue weighted by molar-refractivity contribution is -0.117. The molecule has 6 rings (SSSR count). The van der Waals surface area contributed by atoms with Crippen molar-refractivity contribution in [3.63, 3.8) is 0 Å². The van der Waals surface area contributed by atoms with E-state index in [0.717, 1.165) is 31.5 Å². The molecular formula is C40H43N3O7S2. The van der Waals surface area contributed by atoms with Crippen molar-refractivity contribution in [3.05, 3.63) is 112 Å². The van der Waals surface area contributed by atoms with Crippen molar-refractivity contribution in [2.75, 3.05) is 33.4 Å². The molecule has 3 aromatic rings. The van der Waals surface area contributed by atoms with Crippen LogP contribution in [0, 0.1) is 0 Å². The fraction of sp³-hybridized carbons (Fsp3) is 0.350. The predicted octanol–water partition coefficient (Wildman–Crippen LogP) is 6.67. The SMILES string of the molecule is CCOc1ccc([C@@H]2C(=S)NC(=O)C(C(C3=C(O)[C@H](c4ccc(OCC)cc4)C(=S)NC3=O)c3ccc(OC)c(CN4CCCCC4)c3)=C2O)cc1. The second-order valence-electron chi connectivity index (χ2n) is 12.9. The van der Waals surface area contributed by atoms with Crippen LogP contribution >= 0.6 is 24.4 Å². The highest BCUT2D eigenvalue weighted by Gasteiger charge is 2.45. The van der Waals surface area contributed by atoms with E-state index in [1.54, 1.807) is 67.8 Å². The molecule has 3 heterocycles. The van der Waals surface area contributed by atoms with Gasteiger partial charge in [0.2, 0.25) is 0 Å². The zero-order valence-corrected chi connectivity index (χ0v) is 31.1. The number of ether oxygens (including phenoxy) is 3. The first kappa shape index (κ1) is 37.0. The summed E-state index contributed by atoms with van der Waals surface area (Å²) in [5.74, 6) is -3.13. The van der Waals surface area contributed by atoms with Crippen molar-refractivity contribution >= 4 is 46.2 Å². The number of hydrogen-bond acceptors (Lipinski definition) is 10. The number of nitrogens with one attached hydrogen (secondary N) is 2. The summed E-state index contributed by atoms with van der Waals surface area (Å²) >= 11 is 11.3. The lowest BCUT2D eigenvalue weighted by Gasteiger charge is -2.35. The third-order valence-electron chi connectivity index (χ3n) is 9.69. The Morgan fingerprint density at radius 1 is 0.750 bits per heavy atom. The van der Waals surface area contributed by atoms with E-state index in [4.69, 9.17) is 38.6 Å². The number of aliphatic hydroxyl groups is 2. The Bertz CT molecular complexity index is 1810. The number of nitrogens with zero attached hydrogens (tertiary/aromatic N) is 1. The lowest BCUT2D eigenvalue weighted by Crippen LogP contribution is -2.46. The molecule has 3 aliphatic heterocycles. The molecule has 12 heteroatoms. The summed E-state index contributed by atoms with van der Waals surface area (Å²) in [4.78, 5) is 30.7. The second-order valence-corrected chi connectivity index (χ2v) is 13.8. The van der Waals surface area contributed by atoms with Crippen LogP contribution in [-0.2, 0) is 16.1 Å². The highest BCUT2D eigenvalue weighted by Crippen LogP contribution is 2.45. The van der Waals surface area contributed by atoms with Crippen molar-refractivity contribution in [1.29, 1.82) is 0 Å². The lowest BCUT2D eigenvalue weighted by atomic mass is 9.75. The zero-order valence-electron chi connectivity index (χ0n) is 29.4. The van der Waals surface area contributed by atoms with Crippen LogP contribution in [0.5, 0.6) is 17.2 Å². The third-order valence-corrected chi connectivity index (χ3v) is 10.4. The van der Waals surface area contributed by atoms with E-state index in [0.29, 0.717) is 53.7 Å². The molecule has 52 heavy (non-hydrogen) atoms. The molecule has 272 valence electrons. The van der Waals surface area contributed by atoms with Crippen LogP contribution in [0.25, 0.3) is 0 Å². The fourth-order valence-corrected chi connectivity index (χ4v) is 7.94. The van der Waals surface area contributed by atoms with Crippen molar-refractivity contribution in [3.8, 4) is 17.2 Å². The van der Waals surface area contributed by atoms with Gasteiger partial charge in [-0.25, -0.2) is 0 Å². The first-order valence-electron chi connectivity index (χ1n) is 17.6. The number of methoxy groups -OCH3 is 1. The predicted molar refractivity (Wildman–Crippen MR) is 206 cm³/mol. The van der Waals surface area contributed by atoms with Gasteiger partial charge in [-0.3, -0.25) is 14.5 Å². The first-order valence-corrected chi connectivity index (χ1v) is 18.4. The van der Waals surface area contributed by atoms with E-state index < -0.39 is 29.6 Å². The maximum atomic E-state index is 14.1. The minimum Gasteiger partial charge on any atom is -0.511 e. The van der Waals surface area contributed by atoms with Crippen LogP contribution < -0.4 is 24.8 Å². The number of carbonyl (C=O) groups excluding carboxylic acids is 2. The molecule has 0 aliphatic carbocycles. The summed E-state index contributed by atoms with van der Waals surface area (Å²) in [5, 5.41) is 29.9. The van der Waals surface area contributed by atoms with E-state index in [9.17, 15) is 19.8 Å². The Kier molecular flexibility index (Phi) is 11.6. The highest BCUT2D eigenvalue weighted by molar-refractivity contribution is 7.80. The maximum Gasteiger partial charge on any atom is 0.256 e. The first-order chi connectivity index (χ1) is 25.1. The minimum atomic E-state index is -1.23. The summed E-state index contributed by atoms with van der Waals surface area (Å²) < 4.78 is 17.0. The molecule has 0 unspecified atom stereocenters. The van der Waals surface area contributed by atoms with Gasteiger partial charge in [-0.05, 0) is 92.9 Å². The summed E-state index contributed by atoms with van der Waals surface area (Å²) in [6.07, 6.45) is 3.36. The normalized spacial score (nSPS) is 19.8. The van der Waals surface area contributed by atoms with Gasteiger partial charge in [0.05, 0.1) is 59.2 Å². The summed E-state index contributed by atoms with van der Waals surface area (Å²) in [6.45, 7) is 7.18. The quantitative estimate of drug-likeness (QED) is 0.150. The number of amides is 2. The molecule has 0 spiro atoms. The van der Waals surface area contributed by atoms with Crippen molar-refractivity contribution in [2.24, 2.45) is 0 Å². The number of likely N-dealkylation sites (tertiary alicyclic amines) is 1. The molecule has 2 amide bonds. The van der Waals surface area contributed by atoms with E-state index in [2.05, 4.69) is 15.5 Å². The van der Waals surface area contributed by atoms with Gasteiger partial charge in [-0.15, -0.1) is 0 Å². The topological polar surface area (TPSA) is 130 Å². The molecule has 3 aliphatic rings. The average Bonchev–Trinajstić information content (AvgIpc) is 3.12. The standard InChI is InChI=1S/C40H43N3O7S2/c1-4-49-27-14-9-23(10-15-27)31-35(44)33(37(46)41-39(31)51)30(25-13-18-29(48-3)26(21-25)22-43-19-7-6-8-20-43)34-36(45)32(40(52)42-38(34)47)24-11-16-28(17-12-24)50-5-2/h9-18,21,30-32,44-45H,4-8,19-20,22H2,1-3H3,(H,41,46,51)(H,42,47,52)/t31-,32-/m0/s1. The number of piperidine rings is 1. The molecule has 1 fully saturated rings. The van der Waals surface area contributed by atoms with Crippen LogP contribution in [-0.4, -0.2) is 70.3 Å². The van der Waals surface area contributed by atoms with Crippen LogP contribution in [0.3, 0.4) is 0 Å². The van der Waals surface area contributed by atoms with E-state index in [1.807, 2.05) is 19.9 Å². The van der Waals surface area contributed by atoms with Gasteiger partial charge >= 0.3 is 0 Å². The van der Waals surface area contributed by atoms with E-state index in [1.165, 1.54) is 6.42 Å². The number of carbonyl (C=O) groups is 2. The Balaban J connectivity index is 1.55. The van der Waals surface area contributed by atoms with Gasteiger partial charge in [0.25, 0.3) is 11.8 Å². The van der Waals surface area contributed by atoms with E-state index >= 15 is 0 Å². The molecule has 0 bridgehead atoms. The molecule has 3 aromatic carbocycles. The van der Waals surface area contributed by atoms with Crippen LogP contribution in [0.15, 0.2) is 89.4 Å². The Hall–Kier alpha value is -4.78. The maximum absolute atomic E-state index is 14.1. The van der Waals surface area contributed by atoms with E-state index in [-0.39, 0.29) is 32.6 Å². The van der Waals surface area contributed by atoms with Crippen LogP contribution in [0.4, 0.5) is 0 Å². The number of thiocarbonyl (C=S) groups is 2. The summed E-state index contributed by atoms with van der Waals surface area (Å²) in [5.41, 5.74) is 2.34.